The van der Waals surface area contributed by atoms with Crippen molar-refractivity contribution in [1.82, 2.24) is 10.2 Å². The monoisotopic (exact) mass is 478 g/mol. The lowest BCUT2D eigenvalue weighted by molar-refractivity contribution is -0.169. The number of nitrogens with zero attached hydrogens (tertiary/aromatic N) is 1. The van der Waals surface area contributed by atoms with Gasteiger partial charge in [0.15, 0.2) is 22.0 Å². The normalized spacial score (nSPS) is 26.4. The fraction of sp³-hybridized carbons (Fsp3) is 0.389. The molecule has 3 rings (SSSR count). The molecule has 1 aromatic rings. The summed E-state index contributed by atoms with van der Waals surface area (Å²) < 4.78 is 3.56. The molecule has 11 heteroatoms. The molecule has 0 spiro atoms. The molecular formula is C18H17Cl3N2O5S. The van der Waals surface area contributed by atoms with Gasteiger partial charge in [-0.05, 0) is 17.7 Å². The van der Waals surface area contributed by atoms with E-state index in [1.807, 2.05) is 0 Å². The molecule has 0 radical (unpaired) electrons. The number of thioether (sulfide) groups is 1. The quantitative estimate of drug-likeness (QED) is 0.370. The van der Waals surface area contributed by atoms with Crippen molar-refractivity contribution >= 4 is 64.3 Å². The summed E-state index contributed by atoms with van der Waals surface area (Å²) in [5.74, 6) is -1.65. The number of β-lactam (4-membered cyclic amide) rings is 1. The van der Waals surface area contributed by atoms with Gasteiger partial charge in [0.1, 0.15) is 11.1 Å². The van der Waals surface area contributed by atoms with Crippen LogP contribution >= 0.6 is 46.6 Å². The summed E-state index contributed by atoms with van der Waals surface area (Å²) in [6.07, 6.45) is -0.312. The highest BCUT2D eigenvalue weighted by Crippen LogP contribution is 2.51. The van der Waals surface area contributed by atoms with E-state index in [0.29, 0.717) is 17.1 Å². The third-order valence-electron chi connectivity index (χ3n) is 4.57. The third kappa shape index (κ3) is 4.45. The smallest absolute Gasteiger partial charge is 0.330 e. The van der Waals surface area contributed by atoms with E-state index in [4.69, 9.17) is 39.5 Å². The van der Waals surface area contributed by atoms with Crippen LogP contribution < -0.4 is 10.1 Å². The number of carboxylic acid groups (broad SMARTS) is 1. The van der Waals surface area contributed by atoms with Crippen molar-refractivity contribution in [3.05, 3.63) is 42.5 Å². The molecule has 2 fully saturated rings. The zero-order chi connectivity index (χ0) is 21.4. The lowest BCUT2D eigenvalue weighted by Gasteiger charge is -2.60. The Morgan fingerprint density at radius 3 is 2.59 bits per heavy atom. The SMILES string of the molecule is C=C1CS[C@@H]2N(C(=O)C2(CC(Cl)(Cl)Cl)NC(=O)COc2ccccc2)C1C(=O)O. The van der Waals surface area contributed by atoms with Gasteiger partial charge in [-0.15, -0.1) is 11.8 Å². The summed E-state index contributed by atoms with van der Waals surface area (Å²) >= 11 is 19.1. The number of amides is 2. The number of carbonyl (C=O) groups excluding carboxylic acids is 2. The highest BCUT2D eigenvalue weighted by atomic mass is 35.6. The molecule has 0 aliphatic carbocycles. The lowest BCUT2D eigenvalue weighted by Crippen LogP contribution is -2.83. The van der Waals surface area contributed by atoms with Crippen molar-refractivity contribution in [3.63, 3.8) is 0 Å². The third-order valence-corrected chi connectivity index (χ3v) is 6.45. The van der Waals surface area contributed by atoms with Gasteiger partial charge in [0.2, 0.25) is 0 Å². The van der Waals surface area contributed by atoms with Crippen LogP contribution in [0.3, 0.4) is 0 Å². The van der Waals surface area contributed by atoms with E-state index in [1.165, 1.54) is 11.8 Å². The fourth-order valence-corrected chi connectivity index (χ4v) is 5.50. The Hall–Kier alpha value is -1.61. The fourth-order valence-electron chi connectivity index (χ4n) is 3.43. The van der Waals surface area contributed by atoms with Crippen LogP contribution in [-0.2, 0) is 14.4 Å². The van der Waals surface area contributed by atoms with Crippen LogP contribution in [0.2, 0.25) is 0 Å². The number of nitrogens with one attached hydrogen (secondary N) is 1. The maximum Gasteiger partial charge on any atom is 0.330 e. The number of carbonyl (C=O) groups is 3. The van der Waals surface area contributed by atoms with Crippen LogP contribution in [0.5, 0.6) is 5.75 Å². The van der Waals surface area contributed by atoms with Gasteiger partial charge in [0.05, 0.1) is 0 Å². The van der Waals surface area contributed by atoms with Crippen molar-refractivity contribution in [2.45, 2.75) is 27.2 Å². The first-order chi connectivity index (χ1) is 13.5. The van der Waals surface area contributed by atoms with E-state index >= 15 is 0 Å². The highest BCUT2D eigenvalue weighted by Gasteiger charge is 2.68. The number of rotatable bonds is 6. The minimum atomic E-state index is -1.84. The maximum absolute atomic E-state index is 13.0. The van der Waals surface area contributed by atoms with E-state index in [-0.39, 0.29) is 13.0 Å². The Morgan fingerprint density at radius 2 is 2.00 bits per heavy atom. The van der Waals surface area contributed by atoms with Gasteiger partial charge >= 0.3 is 5.97 Å². The summed E-state index contributed by atoms with van der Waals surface area (Å²) in [5, 5.41) is 11.4. The number of fused-ring (bicyclic) bond motifs is 1. The van der Waals surface area contributed by atoms with Crippen molar-refractivity contribution in [1.29, 1.82) is 0 Å². The van der Waals surface area contributed by atoms with Crippen LogP contribution in [0.15, 0.2) is 42.5 Å². The molecule has 2 saturated heterocycles. The van der Waals surface area contributed by atoms with E-state index in [2.05, 4.69) is 11.9 Å². The summed E-state index contributed by atoms with van der Waals surface area (Å²) in [5.41, 5.74) is -1.17. The zero-order valence-corrected chi connectivity index (χ0v) is 18.0. The molecular weight excluding hydrogens is 463 g/mol. The number of ether oxygens (including phenoxy) is 1. The molecule has 1 aromatic carbocycles. The van der Waals surface area contributed by atoms with Crippen LogP contribution in [-0.4, -0.2) is 60.9 Å². The minimum Gasteiger partial charge on any atom is -0.484 e. The first-order valence-electron chi connectivity index (χ1n) is 8.45. The van der Waals surface area contributed by atoms with Crippen molar-refractivity contribution < 1.29 is 24.2 Å². The first-order valence-corrected chi connectivity index (χ1v) is 10.6. The zero-order valence-electron chi connectivity index (χ0n) is 14.9. The molecule has 7 nitrogen and oxygen atoms in total. The molecule has 2 aliphatic heterocycles. The van der Waals surface area contributed by atoms with Crippen LogP contribution in [0.4, 0.5) is 0 Å². The number of alkyl halides is 3. The molecule has 2 aliphatic rings. The van der Waals surface area contributed by atoms with Crippen LogP contribution in [0, 0.1) is 0 Å². The highest BCUT2D eigenvalue weighted by molar-refractivity contribution is 8.00. The Kier molecular flexibility index (Phi) is 6.29. The summed E-state index contributed by atoms with van der Waals surface area (Å²) in [7, 11) is 0. The number of aliphatic carboxylic acids is 1. The van der Waals surface area contributed by atoms with Crippen molar-refractivity contribution in [3.8, 4) is 5.75 Å². The Bertz CT molecular complexity index is 848. The predicted octanol–water partition coefficient (Wildman–Crippen LogP) is 2.61. The number of hydrogen-bond donors (Lipinski definition) is 2. The van der Waals surface area contributed by atoms with E-state index in [0.717, 1.165) is 4.90 Å². The molecule has 2 unspecified atom stereocenters. The van der Waals surface area contributed by atoms with Gasteiger partial charge in [-0.3, -0.25) is 9.59 Å². The predicted molar refractivity (Wildman–Crippen MR) is 111 cm³/mol. The first kappa shape index (κ1) is 22.1. The summed E-state index contributed by atoms with van der Waals surface area (Å²) in [6.45, 7) is 3.38. The Balaban J connectivity index is 1.80. The molecule has 29 heavy (non-hydrogen) atoms. The number of para-hydroxylation sites is 1. The average molecular weight is 480 g/mol. The largest absolute Gasteiger partial charge is 0.484 e. The molecule has 2 heterocycles. The Labute approximate surface area is 186 Å². The average Bonchev–Trinajstić information content (AvgIpc) is 2.64. The summed E-state index contributed by atoms with van der Waals surface area (Å²) in [6, 6.07) is 7.49. The second-order valence-electron chi connectivity index (χ2n) is 6.69. The summed E-state index contributed by atoms with van der Waals surface area (Å²) in [4.78, 5) is 38.4. The topological polar surface area (TPSA) is 95.9 Å². The van der Waals surface area contributed by atoms with Gasteiger partial charge in [0.25, 0.3) is 11.8 Å². The maximum atomic E-state index is 13.0. The standard InChI is InChI=1S/C18H17Cl3N2O5S/c1-10-8-29-16-17(9-18(19,20)21,15(27)23(16)13(10)14(25)26)22-12(24)7-28-11-5-3-2-4-6-11/h2-6,13,16H,1,7-9H2,(H,22,24)(H,25,26)/t13?,16-,17?/m0/s1. The van der Waals surface area contributed by atoms with Gasteiger partial charge < -0.3 is 20.1 Å². The number of carboxylic acids is 1. The second kappa shape index (κ2) is 8.26. The molecule has 3 atom stereocenters. The van der Waals surface area contributed by atoms with E-state index in [9.17, 15) is 19.5 Å². The van der Waals surface area contributed by atoms with Gasteiger partial charge in [0, 0.05) is 12.2 Å². The molecule has 0 bridgehead atoms. The van der Waals surface area contributed by atoms with Crippen LogP contribution in [0.25, 0.3) is 0 Å². The molecule has 156 valence electrons. The van der Waals surface area contributed by atoms with Gasteiger partial charge in [-0.1, -0.05) is 59.6 Å². The Morgan fingerprint density at radius 1 is 1.34 bits per heavy atom. The van der Waals surface area contributed by atoms with E-state index < -0.39 is 38.5 Å². The van der Waals surface area contributed by atoms with Crippen LogP contribution in [0.1, 0.15) is 6.42 Å². The second-order valence-corrected chi connectivity index (χ2v) is 10.3. The van der Waals surface area contributed by atoms with E-state index in [1.54, 1.807) is 30.3 Å². The van der Waals surface area contributed by atoms with Gasteiger partial charge in [-0.2, -0.15) is 0 Å². The number of hydrogen-bond acceptors (Lipinski definition) is 5. The molecule has 0 saturated carbocycles. The van der Waals surface area contributed by atoms with Crippen molar-refractivity contribution in [2.75, 3.05) is 12.4 Å². The minimum absolute atomic E-state index is 0.295. The van der Waals surface area contributed by atoms with Crippen molar-refractivity contribution in [2.24, 2.45) is 0 Å². The lowest BCUT2D eigenvalue weighted by atomic mass is 9.82. The molecule has 2 amide bonds. The molecule has 0 aromatic heterocycles. The van der Waals surface area contributed by atoms with Gasteiger partial charge in [-0.25, -0.2) is 4.79 Å². The molecule has 2 N–H and O–H groups in total. The number of benzene rings is 1. The number of halogens is 3.